The molecule has 0 radical (unpaired) electrons. The largest absolute Gasteiger partial charge is 0.298 e. The van der Waals surface area contributed by atoms with E-state index in [4.69, 9.17) is 0 Å². The number of aromatic nitrogens is 1. The SMILES string of the molecule is O=C(Nc1nc2ccc(S(=O)(=O)N3CCCC3)cc2s1)c1ccccc1Br. The molecule has 0 saturated carbocycles. The molecule has 1 aromatic heterocycles. The fourth-order valence-electron chi connectivity index (χ4n) is 3.01. The van der Waals surface area contributed by atoms with Crippen LogP contribution in [0.25, 0.3) is 10.2 Å². The Morgan fingerprint density at radius 3 is 2.63 bits per heavy atom. The van der Waals surface area contributed by atoms with E-state index in [0.717, 1.165) is 17.5 Å². The van der Waals surface area contributed by atoms with Gasteiger partial charge < -0.3 is 0 Å². The fourth-order valence-corrected chi connectivity index (χ4v) is 5.99. The van der Waals surface area contributed by atoms with Crippen LogP contribution < -0.4 is 5.32 Å². The molecule has 27 heavy (non-hydrogen) atoms. The molecule has 0 bridgehead atoms. The van der Waals surface area contributed by atoms with E-state index >= 15 is 0 Å². The minimum Gasteiger partial charge on any atom is -0.298 e. The molecule has 1 aliphatic rings. The number of fused-ring (bicyclic) bond motifs is 1. The summed E-state index contributed by atoms with van der Waals surface area (Å²) in [6.07, 6.45) is 1.79. The number of carbonyl (C=O) groups excluding carboxylic acids is 1. The van der Waals surface area contributed by atoms with Gasteiger partial charge in [-0.05, 0) is 59.1 Å². The molecular weight excluding hydrogens is 450 g/mol. The highest BCUT2D eigenvalue weighted by Crippen LogP contribution is 2.30. The van der Waals surface area contributed by atoms with Gasteiger partial charge in [-0.1, -0.05) is 23.5 Å². The van der Waals surface area contributed by atoms with Crippen molar-refractivity contribution in [1.82, 2.24) is 9.29 Å². The van der Waals surface area contributed by atoms with Crippen LogP contribution in [0.3, 0.4) is 0 Å². The van der Waals surface area contributed by atoms with Crippen molar-refractivity contribution in [3.8, 4) is 0 Å². The van der Waals surface area contributed by atoms with Gasteiger partial charge in [0.15, 0.2) is 5.13 Å². The number of amides is 1. The van der Waals surface area contributed by atoms with Gasteiger partial charge >= 0.3 is 0 Å². The molecule has 9 heteroatoms. The Hall–Kier alpha value is -1.81. The molecule has 1 N–H and O–H groups in total. The van der Waals surface area contributed by atoms with Crippen molar-refractivity contribution in [3.63, 3.8) is 0 Å². The van der Waals surface area contributed by atoms with E-state index < -0.39 is 10.0 Å². The average molecular weight is 466 g/mol. The van der Waals surface area contributed by atoms with Crippen LogP contribution in [-0.4, -0.2) is 36.7 Å². The molecule has 1 saturated heterocycles. The quantitative estimate of drug-likeness (QED) is 0.628. The van der Waals surface area contributed by atoms with E-state index in [1.807, 2.05) is 6.07 Å². The summed E-state index contributed by atoms with van der Waals surface area (Å²) in [6, 6.07) is 12.0. The number of sulfonamides is 1. The number of nitrogens with zero attached hydrogens (tertiary/aromatic N) is 2. The Labute approximate surface area is 169 Å². The highest BCUT2D eigenvalue weighted by molar-refractivity contribution is 9.10. The van der Waals surface area contributed by atoms with Crippen LogP contribution in [-0.2, 0) is 10.0 Å². The fraction of sp³-hybridized carbons (Fsp3) is 0.222. The molecule has 4 rings (SSSR count). The number of thiazole rings is 1. The van der Waals surface area contributed by atoms with Gasteiger partial charge in [-0.3, -0.25) is 10.1 Å². The van der Waals surface area contributed by atoms with Crippen LogP contribution in [0, 0.1) is 0 Å². The number of anilines is 1. The van der Waals surface area contributed by atoms with E-state index in [2.05, 4.69) is 26.2 Å². The van der Waals surface area contributed by atoms with Crippen molar-refractivity contribution < 1.29 is 13.2 Å². The Bertz CT molecular complexity index is 1120. The first-order valence-corrected chi connectivity index (χ1v) is 11.5. The van der Waals surface area contributed by atoms with Gasteiger partial charge in [0.1, 0.15) is 0 Å². The zero-order valence-electron chi connectivity index (χ0n) is 14.2. The lowest BCUT2D eigenvalue weighted by Crippen LogP contribution is -2.27. The lowest BCUT2D eigenvalue weighted by Gasteiger charge is -2.15. The topological polar surface area (TPSA) is 79.4 Å². The van der Waals surface area contributed by atoms with Crippen molar-refractivity contribution in [3.05, 3.63) is 52.5 Å². The highest BCUT2D eigenvalue weighted by atomic mass is 79.9. The zero-order valence-corrected chi connectivity index (χ0v) is 17.4. The molecule has 0 atom stereocenters. The smallest absolute Gasteiger partial charge is 0.258 e. The van der Waals surface area contributed by atoms with Crippen LogP contribution in [0.4, 0.5) is 5.13 Å². The number of rotatable bonds is 4. The molecular formula is C18H16BrN3O3S2. The van der Waals surface area contributed by atoms with Gasteiger partial charge in [0, 0.05) is 17.6 Å². The lowest BCUT2D eigenvalue weighted by atomic mass is 10.2. The minimum absolute atomic E-state index is 0.268. The maximum absolute atomic E-state index is 12.7. The predicted molar refractivity (Wildman–Crippen MR) is 110 cm³/mol. The Kier molecular flexibility index (Phi) is 5.02. The van der Waals surface area contributed by atoms with Crippen molar-refractivity contribution in [1.29, 1.82) is 0 Å². The van der Waals surface area contributed by atoms with Gasteiger partial charge in [0.05, 0.1) is 20.7 Å². The second-order valence-electron chi connectivity index (χ2n) is 6.19. The van der Waals surface area contributed by atoms with E-state index in [-0.39, 0.29) is 10.8 Å². The van der Waals surface area contributed by atoms with Crippen LogP contribution in [0.1, 0.15) is 23.2 Å². The van der Waals surface area contributed by atoms with E-state index in [9.17, 15) is 13.2 Å². The summed E-state index contributed by atoms with van der Waals surface area (Å²) in [4.78, 5) is 17.1. The Morgan fingerprint density at radius 2 is 1.89 bits per heavy atom. The monoisotopic (exact) mass is 465 g/mol. The third-order valence-corrected chi connectivity index (χ3v) is 7.92. The number of nitrogens with one attached hydrogen (secondary N) is 1. The Morgan fingerprint density at radius 1 is 1.15 bits per heavy atom. The molecule has 2 heterocycles. The molecule has 1 aliphatic heterocycles. The van der Waals surface area contributed by atoms with Crippen LogP contribution in [0.15, 0.2) is 51.8 Å². The summed E-state index contributed by atoms with van der Waals surface area (Å²) in [5, 5.41) is 3.21. The first-order valence-electron chi connectivity index (χ1n) is 8.42. The van der Waals surface area contributed by atoms with Crippen molar-refractivity contribution in [2.75, 3.05) is 18.4 Å². The summed E-state index contributed by atoms with van der Waals surface area (Å²) < 4.78 is 28.4. The van der Waals surface area contributed by atoms with Crippen LogP contribution in [0.2, 0.25) is 0 Å². The van der Waals surface area contributed by atoms with Crippen LogP contribution >= 0.6 is 27.3 Å². The summed E-state index contributed by atoms with van der Waals surface area (Å²) in [5.41, 5.74) is 1.16. The average Bonchev–Trinajstić information content (AvgIpc) is 3.31. The summed E-state index contributed by atoms with van der Waals surface area (Å²) in [7, 11) is -3.47. The van der Waals surface area contributed by atoms with Gasteiger partial charge in [0.25, 0.3) is 5.91 Å². The molecule has 140 valence electrons. The maximum Gasteiger partial charge on any atom is 0.258 e. The van der Waals surface area contributed by atoms with Gasteiger partial charge in [-0.25, -0.2) is 13.4 Å². The molecule has 0 unspecified atom stereocenters. The first-order chi connectivity index (χ1) is 12.9. The minimum atomic E-state index is -3.47. The molecule has 3 aromatic rings. The van der Waals surface area contributed by atoms with Crippen molar-refractivity contribution >= 4 is 58.5 Å². The highest BCUT2D eigenvalue weighted by Gasteiger charge is 2.27. The summed E-state index contributed by atoms with van der Waals surface area (Å²) in [5.74, 6) is -0.272. The molecule has 0 aliphatic carbocycles. The van der Waals surface area contributed by atoms with Crippen LogP contribution in [0.5, 0.6) is 0 Å². The van der Waals surface area contributed by atoms with Gasteiger partial charge in [0.2, 0.25) is 10.0 Å². The third-order valence-electron chi connectivity index (χ3n) is 4.40. The van der Waals surface area contributed by atoms with Gasteiger partial charge in [-0.2, -0.15) is 4.31 Å². The van der Waals surface area contributed by atoms with Crippen molar-refractivity contribution in [2.24, 2.45) is 0 Å². The second-order valence-corrected chi connectivity index (χ2v) is 10.0. The molecule has 1 fully saturated rings. The zero-order chi connectivity index (χ0) is 19.0. The lowest BCUT2D eigenvalue weighted by molar-refractivity contribution is 0.102. The maximum atomic E-state index is 12.7. The summed E-state index contributed by atoms with van der Waals surface area (Å²) >= 11 is 4.62. The number of halogens is 1. The normalized spacial score (nSPS) is 15.3. The molecule has 2 aromatic carbocycles. The molecule has 1 amide bonds. The number of hydrogen-bond acceptors (Lipinski definition) is 5. The Balaban J connectivity index is 1.61. The number of carbonyl (C=O) groups is 1. The third kappa shape index (κ3) is 3.64. The van der Waals surface area contributed by atoms with Gasteiger partial charge in [-0.15, -0.1) is 0 Å². The number of benzene rings is 2. The standard InChI is InChI=1S/C18H16BrN3O3S2/c19-14-6-2-1-5-13(14)17(23)21-18-20-15-8-7-12(11-16(15)26-18)27(24,25)22-9-3-4-10-22/h1-2,5-8,11H,3-4,9-10H2,(H,20,21,23). The first kappa shape index (κ1) is 18.5. The molecule has 6 nitrogen and oxygen atoms in total. The predicted octanol–water partition coefficient (Wildman–Crippen LogP) is 4.10. The second kappa shape index (κ2) is 7.31. The molecule has 0 spiro atoms. The van der Waals surface area contributed by atoms with E-state index in [1.165, 1.54) is 15.6 Å². The van der Waals surface area contributed by atoms with E-state index in [0.29, 0.717) is 33.8 Å². The van der Waals surface area contributed by atoms with E-state index in [1.54, 1.807) is 36.4 Å². The van der Waals surface area contributed by atoms with Crippen molar-refractivity contribution in [2.45, 2.75) is 17.7 Å². The number of hydrogen-bond donors (Lipinski definition) is 1. The summed E-state index contributed by atoms with van der Waals surface area (Å²) in [6.45, 7) is 1.13.